The van der Waals surface area contributed by atoms with Crippen LogP contribution in [0.5, 0.6) is 0 Å². The number of pyridine rings is 1. The molecule has 0 N–H and O–H groups in total. The number of aldehydes is 1. The summed E-state index contributed by atoms with van der Waals surface area (Å²) in [6, 6.07) is 11.6. The molecule has 1 aromatic heterocycles. The molecule has 0 spiro atoms. The zero-order valence-electron chi connectivity index (χ0n) is 8.88. The fourth-order valence-corrected chi connectivity index (χ4v) is 1.98. The molecule has 16 heavy (non-hydrogen) atoms. The molecule has 0 saturated heterocycles. The molecule has 0 atom stereocenters. The summed E-state index contributed by atoms with van der Waals surface area (Å²) in [7, 11) is 0. The zero-order chi connectivity index (χ0) is 11.4. The summed E-state index contributed by atoms with van der Waals surface area (Å²) in [6.45, 7) is 0. The molecule has 0 unspecified atom stereocenters. The van der Waals surface area contributed by atoms with Crippen molar-refractivity contribution in [3.63, 3.8) is 0 Å². The first-order valence-electron chi connectivity index (χ1n) is 4.90. The van der Waals surface area contributed by atoms with Gasteiger partial charge in [0.25, 0.3) is 0 Å². The van der Waals surface area contributed by atoms with Crippen molar-refractivity contribution in [3.8, 4) is 11.3 Å². The van der Waals surface area contributed by atoms with Crippen LogP contribution >= 0.6 is 11.8 Å². The highest BCUT2D eigenvalue weighted by Crippen LogP contribution is 2.24. The lowest BCUT2D eigenvalue weighted by atomic mass is 10.1. The summed E-state index contributed by atoms with van der Waals surface area (Å²) in [6.07, 6.45) is 4.57. The van der Waals surface area contributed by atoms with E-state index in [2.05, 4.69) is 4.98 Å². The van der Waals surface area contributed by atoms with Gasteiger partial charge in [-0.1, -0.05) is 12.1 Å². The number of carbonyl (C=O) groups is 1. The molecule has 1 heterocycles. The molecular weight excluding hydrogens is 218 g/mol. The van der Waals surface area contributed by atoms with Crippen LogP contribution in [0.15, 0.2) is 47.5 Å². The number of nitrogens with zero attached hydrogens (tertiary/aromatic N) is 1. The van der Waals surface area contributed by atoms with Crippen molar-refractivity contribution < 1.29 is 4.79 Å². The molecule has 0 amide bonds. The third kappa shape index (κ3) is 2.14. The quantitative estimate of drug-likeness (QED) is 0.597. The van der Waals surface area contributed by atoms with Gasteiger partial charge in [-0.25, -0.2) is 0 Å². The number of hydrogen-bond donors (Lipinski definition) is 0. The van der Waals surface area contributed by atoms with Gasteiger partial charge < -0.3 is 0 Å². The summed E-state index contributed by atoms with van der Waals surface area (Å²) in [5, 5.41) is 0. The number of thioether (sulfide) groups is 1. The van der Waals surface area contributed by atoms with E-state index in [1.54, 1.807) is 30.1 Å². The van der Waals surface area contributed by atoms with E-state index in [9.17, 15) is 4.79 Å². The predicted octanol–water partition coefficient (Wildman–Crippen LogP) is 3.28. The minimum absolute atomic E-state index is 0.626. The number of hydrogen-bond acceptors (Lipinski definition) is 3. The highest BCUT2D eigenvalue weighted by molar-refractivity contribution is 7.98. The lowest BCUT2D eigenvalue weighted by Gasteiger charge is -2.04. The van der Waals surface area contributed by atoms with Gasteiger partial charge in [0, 0.05) is 22.2 Å². The van der Waals surface area contributed by atoms with E-state index >= 15 is 0 Å². The van der Waals surface area contributed by atoms with Crippen LogP contribution in [-0.4, -0.2) is 17.5 Å². The van der Waals surface area contributed by atoms with Crippen molar-refractivity contribution in [2.75, 3.05) is 6.26 Å². The van der Waals surface area contributed by atoms with Crippen molar-refractivity contribution >= 4 is 18.0 Å². The second kappa shape index (κ2) is 4.94. The van der Waals surface area contributed by atoms with E-state index < -0.39 is 0 Å². The van der Waals surface area contributed by atoms with Crippen LogP contribution in [0.25, 0.3) is 11.3 Å². The van der Waals surface area contributed by atoms with E-state index in [4.69, 9.17) is 0 Å². The minimum Gasteiger partial charge on any atom is -0.298 e. The van der Waals surface area contributed by atoms with Crippen molar-refractivity contribution in [1.29, 1.82) is 0 Å². The summed E-state index contributed by atoms with van der Waals surface area (Å²) in [5.41, 5.74) is 2.35. The number of aromatic nitrogens is 1. The zero-order valence-corrected chi connectivity index (χ0v) is 9.70. The molecule has 0 saturated carbocycles. The Morgan fingerprint density at radius 1 is 1.25 bits per heavy atom. The molecule has 2 rings (SSSR count). The van der Waals surface area contributed by atoms with Gasteiger partial charge in [-0.05, 0) is 30.5 Å². The molecular formula is C13H11NOS. The summed E-state index contributed by atoms with van der Waals surface area (Å²) >= 11 is 1.67. The molecule has 3 heteroatoms. The van der Waals surface area contributed by atoms with Crippen LogP contribution in [0.1, 0.15) is 10.4 Å². The highest BCUT2D eigenvalue weighted by atomic mass is 32.2. The molecule has 1 aromatic carbocycles. The number of rotatable bonds is 3. The van der Waals surface area contributed by atoms with Crippen LogP contribution in [0.4, 0.5) is 0 Å². The molecule has 0 bridgehead atoms. The Hall–Kier alpha value is -1.61. The number of carbonyl (C=O) groups excluding carboxylic acids is 1. The van der Waals surface area contributed by atoms with E-state index in [1.165, 1.54) is 4.90 Å². The van der Waals surface area contributed by atoms with E-state index in [0.717, 1.165) is 17.5 Å². The molecule has 2 aromatic rings. The fraction of sp³-hybridized carbons (Fsp3) is 0.0769. The molecule has 0 aliphatic heterocycles. The van der Waals surface area contributed by atoms with Gasteiger partial charge in [0.2, 0.25) is 0 Å². The topological polar surface area (TPSA) is 30.0 Å². The average molecular weight is 229 g/mol. The first kappa shape index (κ1) is 10.9. The Balaban J connectivity index is 2.53. The Morgan fingerprint density at radius 2 is 2.12 bits per heavy atom. The highest BCUT2D eigenvalue weighted by Gasteiger charge is 2.05. The first-order valence-corrected chi connectivity index (χ1v) is 6.12. The van der Waals surface area contributed by atoms with Crippen LogP contribution in [0.3, 0.4) is 0 Å². The lowest BCUT2D eigenvalue weighted by molar-refractivity contribution is 0.112. The van der Waals surface area contributed by atoms with Gasteiger partial charge in [-0.15, -0.1) is 11.8 Å². The predicted molar refractivity (Wildman–Crippen MR) is 66.8 cm³/mol. The van der Waals surface area contributed by atoms with Crippen molar-refractivity contribution in [3.05, 3.63) is 48.2 Å². The van der Waals surface area contributed by atoms with Gasteiger partial charge in [-0.2, -0.15) is 0 Å². The normalized spacial score (nSPS) is 10.1. The van der Waals surface area contributed by atoms with Gasteiger partial charge in [0.05, 0.1) is 5.69 Å². The van der Waals surface area contributed by atoms with Gasteiger partial charge in [0.1, 0.15) is 0 Å². The second-order valence-corrected chi connectivity index (χ2v) is 4.17. The molecule has 80 valence electrons. The third-order valence-corrected chi connectivity index (χ3v) is 3.03. The van der Waals surface area contributed by atoms with E-state index in [1.807, 2.05) is 30.5 Å². The van der Waals surface area contributed by atoms with Gasteiger partial charge >= 0.3 is 0 Å². The summed E-state index contributed by atoms with van der Waals surface area (Å²) < 4.78 is 0. The number of benzene rings is 1. The van der Waals surface area contributed by atoms with Crippen LogP contribution in [0.2, 0.25) is 0 Å². The Labute approximate surface area is 98.7 Å². The van der Waals surface area contributed by atoms with Crippen molar-refractivity contribution in [2.24, 2.45) is 0 Å². The first-order chi connectivity index (χ1) is 7.85. The minimum atomic E-state index is 0.626. The Morgan fingerprint density at radius 3 is 2.88 bits per heavy atom. The molecule has 0 aliphatic carbocycles. The van der Waals surface area contributed by atoms with E-state index in [0.29, 0.717) is 5.56 Å². The third-order valence-electron chi connectivity index (χ3n) is 2.31. The van der Waals surface area contributed by atoms with E-state index in [-0.39, 0.29) is 0 Å². The lowest BCUT2D eigenvalue weighted by Crippen LogP contribution is -1.90. The molecule has 0 fully saturated rings. The largest absolute Gasteiger partial charge is 0.298 e. The maximum Gasteiger partial charge on any atom is 0.152 e. The Kier molecular flexibility index (Phi) is 3.37. The standard InChI is InChI=1S/C13H11NOS/c1-16-12-6-2-4-10(8-12)13-11(9-15)5-3-7-14-13/h2-9H,1H3. The smallest absolute Gasteiger partial charge is 0.152 e. The SMILES string of the molecule is CSc1cccc(-c2ncccc2C=O)c1. The van der Waals surface area contributed by atoms with Crippen molar-refractivity contribution in [1.82, 2.24) is 4.98 Å². The molecule has 2 nitrogen and oxygen atoms in total. The maximum atomic E-state index is 10.9. The second-order valence-electron chi connectivity index (χ2n) is 3.29. The average Bonchev–Trinajstić information content (AvgIpc) is 2.38. The van der Waals surface area contributed by atoms with Gasteiger partial charge in [0.15, 0.2) is 6.29 Å². The molecule has 0 radical (unpaired) electrons. The van der Waals surface area contributed by atoms with Crippen LogP contribution < -0.4 is 0 Å². The van der Waals surface area contributed by atoms with Crippen LogP contribution in [0, 0.1) is 0 Å². The summed E-state index contributed by atoms with van der Waals surface area (Å²) in [5.74, 6) is 0. The monoisotopic (exact) mass is 229 g/mol. The summed E-state index contributed by atoms with van der Waals surface area (Å²) in [4.78, 5) is 16.3. The fourth-order valence-electron chi connectivity index (χ4n) is 1.52. The van der Waals surface area contributed by atoms with Gasteiger partial charge in [-0.3, -0.25) is 9.78 Å². The van der Waals surface area contributed by atoms with Crippen LogP contribution in [-0.2, 0) is 0 Å². The maximum absolute atomic E-state index is 10.9. The van der Waals surface area contributed by atoms with Crippen molar-refractivity contribution in [2.45, 2.75) is 4.90 Å². The Bertz CT molecular complexity index is 511. The molecule has 0 aliphatic rings.